The molecular formula is C21H30N2O6. The number of nitrogens with zero attached hydrogens (tertiary/aromatic N) is 1. The number of nitrogens with one attached hydrogen (secondary N) is 1. The lowest BCUT2D eigenvalue weighted by atomic mass is 10.1. The Balaban J connectivity index is 1.91. The average Bonchev–Trinajstić information content (AvgIpc) is 2.69. The Morgan fingerprint density at radius 3 is 2.55 bits per heavy atom. The van der Waals surface area contributed by atoms with Gasteiger partial charge in [-0.25, -0.2) is 9.59 Å². The van der Waals surface area contributed by atoms with Gasteiger partial charge < -0.3 is 24.4 Å². The van der Waals surface area contributed by atoms with E-state index in [-0.39, 0.29) is 24.9 Å². The Kier molecular flexibility index (Phi) is 8.01. The van der Waals surface area contributed by atoms with Crippen LogP contribution in [0.25, 0.3) is 0 Å². The second-order valence-corrected chi connectivity index (χ2v) is 7.87. The molecular weight excluding hydrogens is 376 g/mol. The maximum atomic E-state index is 12.7. The molecule has 8 nitrogen and oxygen atoms in total. The van der Waals surface area contributed by atoms with E-state index in [1.165, 1.54) is 7.11 Å². The number of methoxy groups -OCH3 is 1. The highest BCUT2D eigenvalue weighted by atomic mass is 16.6. The highest BCUT2D eigenvalue weighted by Gasteiger charge is 2.29. The first-order valence-corrected chi connectivity index (χ1v) is 9.71. The van der Waals surface area contributed by atoms with Gasteiger partial charge in [-0.1, -0.05) is 30.3 Å². The molecule has 0 saturated carbocycles. The van der Waals surface area contributed by atoms with Gasteiger partial charge in [0.15, 0.2) is 0 Å². The van der Waals surface area contributed by atoms with Crippen LogP contribution in [0.15, 0.2) is 30.3 Å². The summed E-state index contributed by atoms with van der Waals surface area (Å²) in [5.74, 6) is -0.720. The summed E-state index contributed by atoms with van der Waals surface area (Å²) in [6.07, 6.45) is -0.684. The minimum Gasteiger partial charge on any atom is -0.467 e. The van der Waals surface area contributed by atoms with Crippen molar-refractivity contribution in [2.45, 2.75) is 51.4 Å². The molecule has 1 unspecified atom stereocenters. The van der Waals surface area contributed by atoms with E-state index in [2.05, 4.69) is 5.32 Å². The molecule has 2 rings (SSSR count). The summed E-state index contributed by atoms with van der Waals surface area (Å²) in [5.41, 5.74) is 0.324. The fourth-order valence-electron chi connectivity index (χ4n) is 3.01. The van der Waals surface area contributed by atoms with Gasteiger partial charge in [0.25, 0.3) is 0 Å². The molecule has 8 heteroatoms. The normalized spacial score (nSPS) is 17.9. The summed E-state index contributed by atoms with van der Waals surface area (Å²) in [6, 6.07) is 8.78. The molecule has 1 aliphatic rings. The van der Waals surface area contributed by atoms with Crippen LogP contribution < -0.4 is 5.32 Å². The van der Waals surface area contributed by atoms with Crippen molar-refractivity contribution in [1.82, 2.24) is 10.2 Å². The van der Waals surface area contributed by atoms with Crippen LogP contribution in [0.1, 0.15) is 45.3 Å². The first-order chi connectivity index (χ1) is 13.7. The molecule has 1 aromatic rings. The van der Waals surface area contributed by atoms with E-state index >= 15 is 0 Å². The predicted octanol–water partition coefficient (Wildman–Crippen LogP) is 2.43. The number of rotatable bonds is 6. The van der Waals surface area contributed by atoms with Crippen molar-refractivity contribution in [2.75, 3.05) is 26.8 Å². The first kappa shape index (κ1) is 22.7. The number of alkyl carbamates (subject to hydrolysis) is 1. The fourth-order valence-corrected chi connectivity index (χ4v) is 3.01. The molecule has 1 fully saturated rings. The van der Waals surface area contributed by atoms with E-state index in [0.29, 0.717) is 19.7 Å². The van der Waals surface area contributed by atoms with E-state index < -0.39 is 23.7 Å². The quantitative estimate of drug-likeness (QED) is 0.729. The van der Waals surface area contributed by atoms with Gasteiger partial charge in [-0.05, 0) is 32.8 Å². The van der Waals surface area contributed by atoms with Gasteiger partial charge in [-0.15, -0.1) is 0 Å². The standard InChI is InChI=1S/C21H30N2O6/c1-21(2,3)29-20(26)22-16(19(25)27-4)10-11-18(24)23-12-13-28-17(14-23)15-8-6-5-7-9-15/h5-9,16-17H,10-14H2,1-4H3,(H,22,26)/t16-,17?/m0/s1. The predicted molar refractivity (Wildman–Crippen MR) is 106 cm³/mol. The largest absolute Gasteiger partial charge is 0.467 e. The molecule has 1 aliphatic heterocycles. The SMILES string of the molecule is COC(=O)[C@H](CCC(=O)N1CCOC(c2ccccc2)C1)NC(=O)OC(C)(C)C. The third kappa shape index (κ3) is 7.38. The summed E-state index contributed by atoms with van der Waals surface area (Å²) in [4.78, 5) is 38.4. The van der Waals surface area contributed by atoms with Gasteiger partial charge >= 0.3 is 12.1 Å². The van der Waals surface area contributed by atoms with Crippen molar-refractivity contribution >= 4 is 18.0 Å². The van der Waals surface area contributed by atoms with Crippen molar-refractivity contribution in [3.8, 4) is 0 Å². The van der Waals surface area contributed by atoms with Gasteiger partial charge in [-0.2, -0.15) is 0 Å². The van der Waals surface area contributed by atoms with Crippen molar-refractivity contribution in [1.29, 1.82) is 0 Å². The third-order valence-corrected chi connectivity index (χ3v) is 4.41. The zero-order valence-corrected chi connectivity index (χ0v) is 17.5. The van der Waals surface area contributed by atoms with Crippen molar-refractivity contribution < 1.29 is 28.6 Å². The van der Waals surface area contributed by atoms with Gasteiger partial charge in [0.2, 0.25) is 5.91 Å². The van der Waals surface area contributed by atoms with Crippen LogP contribution in [0.3, 0.4) is 0 Å². The zero-order chi connectivity index (χ0) is 21.4. The molecule has 1 heterocycles. The first-order valence-electron chi connectivity index (χ1n) is 9.71. The fraction of sp³-hybridized carbons (Fsp3) is 0.571. The second-order valence-electron chi connectivity index (χ2n) is 7.87. The van der Waals surface area contributed by atoms with Gasteiger partial charge in [0.1, 0.15) is 17.7 Å². The number of carbonyl (C=O) groups is 3. The molecule has 1 saturated heterocycles. The van der Waals surface area contributed by atoms with Crippen LogP contribution in [0, 0.1) is 0 Å². The third-order valence-electron chi connectivity index (χ3n) is 4.41. The van der Waals surface area contributed by atoms with Crippen molar-refractivity contribution in [3.05, 3.63) is 35.9 Å². The maximum absolute atomic E-state index is 12.7. The summed E-state index contributed by atoms with van der Waals surface area (Å²) in [6.45, 7) is 6.57. The number of amides is 2. The molecule has 2 amide bonds. The van der Waals surface area contributed by atoms with E-state index in [0.717, 1.165) is 5.56 Å². The summed E-state index contributed by atoms with van der Waals surface area (Å²) in [7, 11) is 1.24. The highest BCUT2D eigenvalue weighted by Crippen LogP contribution is 2.22. The smallest absolute Gasteiger partial charge is 0.408 e. The topological polar surface area (TPSA) is 94.2 Å². The Morgan fingerprint density at radius 2 is 1.93 bits per heavy atom. The molecule has 0 spiro atoms. The van der Waals surface area contributed by atoms with Crippen LogP contribution in [0.4, 0.5) is 4.79 Å². The Bertz CT molecular complexity index is 701. The summed E-state index contributed by atoms with van der Waals surface area (Å²) in [5, 5.41) is 2.49. The number of morpholine rings is 1. The van der Waals surface area contributed by atoms with Crippen molar-refractivity contribution in [3.63, 3.8) is 0 Å². The van der Waals surface area contributed by atoms with E-state index in [4.69, 9.17) is 14.2 Å². The summed E-state index contributed by atoms with van der Waals surface area (Å²) < 4.78 is 15.7. The number of hydrogen-bond acceptors (Lipinski definition) is 6. The van der Waals surface area contributed by atoms with E-state index in [1.54, 1.807) is 25.7 Å². The van der Waals surface area contributed by atoms with Gasteiger partial charge in [0.05, 0.1) is 20.3 Å². The molecule has 29 heavy (non-hydrogen) atoms. The van der Waals surface area contributed by atoms with Crippen LogP contribution in [-0.4, -0.2) is 61.3 Å². The molecule has 0 radical (unpaired) electrons. The van der Waals surface area contributed by atoms with Crippen molar-refractivity contribution in [2.24, 2.45) is 0 Å². The minimum absolute atomic E-state index is 0.0943. The highest BCUT2D eigenvalue weighted by molar-refractivity contribution is 5.83. The lowest BCUT2D eigenvalue weighted by molar-refractivity contribution is -0.144. The summed E-state index contributed by atoms with van der Waals surface area (Å²) >= 11 is 0. The number of carbonyl (C=O) groups excluding carboxylic acids is 3. The molecule has 0 aliphatic carbocycles. The molecule has 1 N–H and O–H groups in total. The number of hydrogen-bond donors (Lipinski definition) is 1. The number of esters is 1. The second kappa shape index (κ2) is 10.2. The van der Waals surface area contributed by atoms with Gasteiger partial charge in [0, 0.05) is 13.0 Å². The number of ether oxygens (including phenoxy) is 3. The molecule has 1 aromatic carbocycles. The average molecular weight is 406 g/mol. The zero-order valence-electron chi connectivity index (χ0n) is 17.5. The Morgan fingerprint density at radius 1 is 1.24 bits per heavy atom. The lowest BCUT2D eigenvalue weighted by Gasteiger charge is -2.33. The lowest BCUT2D eigenvalue weighted by Crippen LogP contribution is -2.46. The monoisotopic (exact) mass is 406 g/mol. The van der Waals surface area contributed by atoms with Crippen LogP contribution in [0.5, 0.6) is 0 Å². The Labute approximate surface area is 171 Å². The van der Waals surface area contributed by atoms with E-state index in [1.807, 2.05) is 30.3 Å². The van der Waals surface area contributed by atoms with Gasteiger partial charge in [-0.3, -0.25) is 4.79 Å². The van der Waals surface area contributed by atoms with Crippen LogP contribution in [-0.2, 0) is 23.8 Å². The molecule has 0 bridgehead atoms. The Hall–Kier alpha value is -2.61. The van der Waals surface area contributed by atoms with E-state index in [9.17, 15) is 14.4 Å². The minimum atomic E-state index is -0.954. The van der Waals surface area contributed by atoms with Crippen LogP contribution >= 0.6 is 0 Å². The molecule has 2 atom stereocenters. The van der Waals surface area contributed by atoms with Crippen LogP contribution in [0.2, 0.25) is 0 Å². The maximum Gasteiger partial charge on any atom is 0.408 e. The molecule has 160 valence electrons. The molecule has 0 aromatic heterocycles. The number of benzene rings is 1.